The van der Waals surface area contributed by atoms with E-state index in [4.69, 9.17) is 9.47 Å². The zero-order valence-corrected chi connectivity index (χ0v) is 17.8. The van der Waals surface area contributed by atoms with Gasteiger partial charge in [-0.1, -0.05) is 18.2 Å². The molecule has 0 atom stereocenters. The molecule has 0 fully saturated rings. The second-order valence-electron chi connectivity index (χ2n) is 6.31. The molecule has 0 heterocycles. The van der Waals surface area contributed by atoms with Gasteiger partial charge in [0.15, 0.2) is 11.5 Å². The molecule has 0 radical (unpaired) electrons. The van der Waals surface area contributed by atoms with E-state index in [0.717, 1.165) is 15.4 Å². The van der Waals surface area contributed by atoms with Crippen LogP contribution in [0.3, 0.4) is 0 Å². The monoisotopic (exact) mass is 406 g/mol. The van der Waals surface area contributed by atoms with Crippen LogP contribution in [0.15, 0.2) is 30.3 Å². The summed E-state index contributed by atoms with van der Waals surface area (Å²) in [5.41, 5.74) is 2.88. The maximum atomic E-state index is 13.1. The summed E-state index contributed by atoms with van der Waals surface area (Å²) in [5.74, 6) is 0.126. The molecule has 1 amide bonds. The highest BCUT2D eigenvalue weighted by Gasteiger charge is 2.25. The SMILES string of the molecule is CCS(=O)(=O)N(C)c1cc(OC)c(OC)cc1C(=O)Nc1c(C)cccc1C. The normalized spacial score (nSPS) is 11.1. The van der Waals surface area contributed by atoms with Gasteiger partial charge in [0.2, 0.25) is 10.0 Å². The summed E-state index contributed by atoms with van der Waals surface area (Å²) in [5, 5.41) is 2.89. The van der Waals surface area contributed by atoms with Crippen LogP contribution < -0.4 is 19.1 Å². The van der Waals surface area contributed by atoms with E-state index in [1.165, 1.54) is 33.4 Å². The third-order valence-electron chi connectivity index (χ3n) is 4.59. The highest BCUT2D eigenvalue weighted by molar-refractivity contribution is 7.92. The molecule has 0 aromatic heterocycles. The molecule has 8 heteroatoms. The Balaban J connectivity index is 2.62. The van der Waals surface area contributed by atoms with Crippen molar-refractivity contribution < 1.29 is 22.7 Å². The molecule has 0 bridgehead atoms. The summed E-state index contributed by atoms with van der Waals surface area (Å²) in [4.78, 5) is 13.1. The van der Waals surface area contributed by atoms with Crippen LogP contribution in [0.25, 0.3) is 0 Å². The predicted octanol–water partition coefficient (Wildman–Crippen LogP) is 3.36. The smallest absolute Gasteiger partial charge is 0.257 e. The summed E-state index contributed by atoms with van der Waals surface area (Å²) < 4.78 is 36.5. The van der Waals surface area contributed by atoms with Crippen LogP contribution in [0.5, 0.6) is 11.5 Å². The number of para-hydroxylation sites is 1. The Labute approximate surface area is 166 Å². The summed E-state index contributed by atoms with van der Waals surface area (Å²) in [7, 11) is 0.735. The summed E-state index contributed by atoms with van der Waals surface area (Å²) in [6, 6.07) is 8.67. The number of hydrogen-bond acceptors (Lipinski definition) is 5. The largest absolute Gasteiger partial charge is 0.493 e. The Hall–Kier alpha value is -2.74. The van der Waals surface area contributed by atoms with Crippen LogP contribution in [0, 0.1) is 13.8 Å². The average Bonchev–Trinajstić information content (AvgIpc) is 2.68. The minimum absolute atomic E-state index is 0.101. The fourth-order valence-corrected chi connectivity index (χ4v) is 3.68. The lowest BCUT2D eigenvalue weighted by Gasteiger charge is -2.23. The van der Waals surface area contributed by atoms with Gasteiger partial charge in [-0.05, 0) is 38.0 Å². The predicted molar refractivity (Wildman–Crippen MR) is 111 cm³/mol. The van der Waals surface area contributed by atoms with E-state index in [2.05, 4.69) is 5.32 Å². The minimum Gasteiger partial charge on any atom is -0.493 e. The molecule has 2 aromatic carbocycles. The molecule has 0 spiro atoms. The zero-order valence-electron chi connectivity index (χ0n) is 17.0. The Morgan fingerprint density at radius 3 is 2.11 bits per heavy atom. The van der Waals surface area contributed by atoms with E-state index < -0.39 is 15.9 Å². The van der Waals surface area contributed by atoms with Gasteiger partial charge in [0.25, 0.3) is 5.91 Å². The lowest BCUT2D eigenvalue weighted by molar-refractivity contribution is 0.102. The van der Waals surface area contributed by atoms with Crippen molar-refractivity contribution in [2.75, 3.05) is 36.6 Å². The maximum absolute atomic E-state index is 13.1. The molecular weight excluding hydrogens is 380 g/mol. The van der Waals surface area contributed by atoms with E-state index in [1.807, 2.05) is 32.0 Å². The number of benzene rings is 2. The number of nitrogens with zero attached hydrogens (tertiary/aromatic N) is 1. The molecule has 2 aromatic rings. The van der Waals surface area contributed by atoms with Crippen molar-refractivity contribution >= 4 is 27.3 Å². The third-order valence-corrected chi connectivity index (χ3v) is 6.35. The third kappa shape index (κ3) is 4.22. The standard InChI is InChI=1S/C20H26N2O5S/c1-7-28(24,25)22(4)16-12-18(27-6)17(26-5)11-15(16)20(23)21-19-13(2)9-8-10-14(19)3/h8-12H,7H2,1-6H3,(H,21,23). The first-order valence-electron chi connectivity index (χ1n) is 8.76. The fraction of sp³-hybridized carbons (Fsp3) is 0.350. The number of carbonyl (C=O) groups excluding carboxylic acids is 1. The van der Waals surface area contributed by atoms with Crippen molar-refractivity contribution in [2.45, 2.75) is 20.8 Å². The van der Waals surface area contributed by atoms with Gasteiger partial charge in [0, 0.05) is 18.8 Å². The number of anilines is 2. The molecule has 0 unspecified atom stereocenters. The molecule has 0 aliphatic carbocycles. The second kappa shape index (κ2) is 8.52. The highest BCUT2D eigenvalue weighted by atomic mass is 32.2. The quantitative estimate of drug-likeness (QED) is 0.762. The number of methoxy groups -OCH3 is 2. The van der Waals surface area contributed by atoms with Crippen LogP contribution >= 0.6 is 0 Å². The van der Waals surface area contributed by atoms with Crippen LogP contribution in [0.2, 0.25) is 0 Å². The minimum atomic E-state index is -3.58. The van der Waals surface area contributed by atoms with Crippen LogP contribution in [0.4, 0.5) is 11.4 Å². The van der Waals surface area contributed by atoms with E-state index >= 15 is 0 Å². The maximum Gasteiger partial charge on any atom is 0.257 e. The first-order valence-corrected chi connectivity index (χ1v) is 10.4. The fourth-order valence-electron chi connectivity index (χ4n) is 2.85. The van der Waals surface area contributed by atoms with Crippen molar-refractivity contribution in [3.05, 3.63) is 47.0 Å². The zero-order chi connectivity index (χ0) is 21.1. The summed E-state index contributed by atoms with van der Waals surface area (Å²) in [6.07, 6.45) is 0. The molecule has 1 N–H and O–H groups in total. The first-order chi connectivity index (χ1) is 13.2. The van der Waals surface area contributed by atoms with Crippen LogP contribution in [0.1, 0.15) is 28.4 Å². The Morgan fingerprint density at radius 1 is 1.07 bits per heavy atom. The van der Waals surface area contributed by atoms with Gasteiger partial charge in [-0.2, -0.15) is 0 Å². The highest BCUT2D eigenvalue weighted by Crippen LogP contribution is 2.36. The summed E-state index contributed by atoms with van der Waals surface area (Å²) in [6.45, 7) is 5.33. The Kier molecular flexibility index (Phi) is 6.56. The van der Waals surface area contributed by atoms with Gasteiger partial charge in [-0.15, -0.1) is 0 Å². The second-order valence-corrected chi connectivity index (χ2v) is 8.60. The van der Waals surface area contributed by atoms with Crippen molar-refractivity contribution in [2.24, 2.45) is 0 Å². The molecule has 0 aliphatic heterocycles. The van der Waals surface area contributed by atoms with E-state index in [0.29, 0.717) is 17.2 Å². The number of ether oxygens (including phenoxy) is 2. The van der Waals surface area contributed by atoms with Crippen LogP contribution in [-0.2, 0) is 10.0 Å². The van der Waals surface area contributed by atoms with Gasteiger partial charge in [0.05, 0.1) is 31.2 Å². The molecule has 2 rings (SSSR count). The average molecular weight is 407 g/mol. The number of hydrogen-bond donors (Lipinski definition) is 1. The molecular formula is C20H26N2O5S. The molecule has 152 valence electrons. The van der Waals surface area contributed by atoms with Gasteiger partial charge in [-0.3, -0.25) is 9.10 Å². The van der Waals surface area contributed by atoms with E-state index in [9.17, 15) is 13.2 Å². The first kappa shape index (κ1) is 21.6. The number of nitrogens with one attached hydrogen (secondary N) is 1. The van der Waals surface area contributed by atoms with Crippen molar-refractivity contribution in [1.29, 1.82) is 0 Å². The summed E-state index contributed by atoms with van der Waals surface area (Å²) >= 11 is 0. The van der Waals surface area contributed by atoms with E-state index in [-0.39, 0.29) is 17.0 Å². The number of sulfonamides is 1. The van der Waals surface area contributed by atoms with Gasteiger partial charge >= 0.3 is 0 Å². The topological polar surface area (TPSA) is 84.9 Å². The molecule has 0 saturated carbocycles. The van der Waals surface area contributed by atoms with E-state index in [1.54, 1.807) is 6.92 Å². The lowest BCUT2D eigenvalue weighted by atomic mass is 10.1. The van der Waals surface area contributed by atoms with Crippen molar-refractivity contribution in [1.82, 2.24) is 0 Å². The Bertz CT molecular complexity index is 966. The number of carbonyl (C=O) groups is 1. The number of amides is 1. The van der Waals surface area contributed by atoms with Gasteiger partial charge in [-0.25, -0.2) is 8.42 Å². The van der Waals surface area contributed by atoms with Crippen molar-refractivity contribution in [3.63, 3.8) is 0 Å². The van der Waals surface area contributed by atoms with Gasteiger partial charge < -0.3 is 14.8 Å². The van der Waals surface area contributed by atoms with Crippen molar-refractivity contribution in [3.8, 4) is 11.5 Å². The van der Waals surface area contributed by atoms with Crippen LogP contribution in [-0.4, -0.2) is 41.3 Å². The molecule has 28 heavy (non-hydrogen) atoms. The Morgan fingerprint density at radius 2 is 1.61 bits per heavy atom. The lowest BCUT2D eigenvalue weighted by Crippen LogP contribution is -2.30. The number of aryl methyl sites for hydroxylation is 2. The number of rotatable bonds is 7. The molecule has 0 saturated heterocycles. The van der Waals surface area contributed by atoms with Gasteiger partial charge in [0.1, 0.15) is 0 Å². The molecule has 0 aliphatic rings. The molecule has 7 nitrogen and oxygen atoms in total.